The first kappa shape index (κ1) is 55.0. The number of hydrogen-bond acceptors (Lipinski definition) is 7. The maximum absolute atomic E-state index is 12.7. The Morgan fingerprint density at radius 1 is 0.518 bits per heavy atom. The van der Waals surface area contributed by atoms with Gasteiger partial charge in [-0.25, -0.2) is 4.57 Å². The number of nitrogens with zero attached hydrogens (tertiary/aromatic N) is 1. The summed E-state index contributed by atoms with van der Waals surface area (Å²) < 4.78 is 34.8. The second-order valence-electron chi connectivity index (χ2n) is 17.5. The van der Waals surface area contributed by atoms with Crippen LogP contribution in [0, 0.1) is 0 Å². The van der Waals surface area contributed by atoms with E-state index in [1.54, 1.807) is 0 Å². The van der Waals surface area contributed by atoms with Crippen LogP contribution in [0.1, 0.15) is 233 Å². The van der Waals surface area contributed by atoms with E-state index < -0.39 is 26.5 Å². The Morgan fingerprint density at radius 3 is 1.21 bits per heavy atom. The van der Waals surface area contributed by atoms with Crippen molar-refractivity contribution in [2.45, 2.75) is 245 Å². The highest BCUT2D eigenvalue weighted by molar-refractivity contribution is 7.47. The van der Waals surface area contributed by atoms with Crippen molar-refractivity contribution in [3.05, 3.63) is 0 Å². The normalized spacial score (nSPS) is 14.1. The van der Waals surface area contributed by atoms with E-state index in [0.29, 0.717) is 17.3 Å². The number of hydrogen-bond donors (Lipinski definition) is 1. The molecule has 56 heavy (non-hydrogen) atoms. The summed E-state index contributed by atoms with van der Waals surface area (Å²) in [6.45, 7) is 6.02. The van der Waals surface area contributed by atoms with Crippen LogP contribution in [0.2, 0.25) is 0 Å². The van der Waals surface area contributed by atoms with Crippen LogP contribution >= 0.6 is 7.82 Å². The molecule has 3 atom stereocenters. The molecular weight excluding hydrogens is 725 g/mol. The molecule has 3 unspecified atom stereocenters. The van der Waals surface area contributed by atoms with Gasteiger partial charge >= 0.3 is 19.8 Å². The van der Waals surface area contributed by atoms with Crippen LogP contribution in [0.25, 0.3) is 0 Å². The van der Waals surface area contributed by atoms with Crippen LogP contribution in [0.15, 0.2) is 0 Å². The zero-order valence-electron chi connectivity index (χ0n) is 37.8. The second kappa shape index (κ2) is 38.2. The van der Waals surface area contributed by atoms with Crippen molar-refractivity contribution in [1.82, 2.24) is 0 Å². The monoisotopic (exact) mass is 819 g/mol. The minimum absolute atomic E-state index is 0.0579. The first-order valence-corrected chi connectivity index (χ1v) is 25.2. The number of rotatable bonds is 43. The highest BCUT2D eigenvalue weighted by Crippen LogP contribution is 2.43. The van der Waals surface area contributed by atoms with Gasteiger partial charge in [-0.05, 0) is 19.8 Å². The van der Waals surface area contributed by atoms with Gasteiger partial charge in [0, 0.05) is 19.3 Å². The van der Waals surface area contributed by atoms with Gasteiger partial charge in [0.25, 0.3) is 0 Å². The summed E-state index contributed by atoms with van der Waals surface area (Å²) in [6.07, 6.45) is 37.7. The standard InChI is InChI=1S/C46H92NO8P/c1-7-9-11-13-15-17-19-21-23-25-27-29-31-33-35-37-45(48)52-41-44(42-54-56(50,51)53-40-39-43(3)47(4,5)6)55-46(49)38-36-34-32-30-28-26-24-22-20-18-16-14-12-10-8-2/h43-44H,7-42H2,1-6H3/p+1. The first-order chi connectivity index (χ1) is 26.9. The summed E-state index contributed by atoms with van der Waals surface area (Å²) in [5.74, 6) is -0.780. The van der Waals surface area contributed by atoms with E-state index >= 15 is 0 Å². The van der Waals surface area contributed by atoms with Crippen LogP contribution in [-0.4, -0.2) is 74.4 Å². The van der Waals surface area contributed by atoms with E-state index in [0.717, 1.165) is 38.5 Å². The molecule has 0 aromatic rings. The van der Waals surface area contributed by atoms with Crippen molar-refractivity contribution < 1.29 is 42.1 Å². The Kier molecular flexibility index (Phi) is 37.6. The summed E-state index contributed by atoms with van der Waals surface area (Å²) in [6, 6.07) is 0.215. The molecule has 10 heteroatoms. The summed E-state index contributed by atoms with van der Waals surface area (Å²) >= 11 is 0. The van der Waals surface area contributed by atoms with Crippen LogP contribution in [0.5, 0.6) is 0 Å². The van der Waals surface area contributed by atoms with Gasteiger partial charge in [-0.3, -0.25) is 18.6 Å². The zero-order chi connectivity index (χ0) is 41.6. The number of quaternary nitrogens is 1. The molecule has 0 aromatic carbocycles. The highest BCUT2D eigenvalue weighted by atomic mass is 31.2. The van der Waals surface area contributed by atoms with Crippen LogP contribution < -0.4 is 0 Å². The molecule has 334 valence electrons. The summed E-state index contributed by atoms with van der Waals surface area (Å²) in [7, 11) is 1.78. The van der Waals surface area contributed by atoms with Gasteiger partial charge in [-0.2, -0.15) is 0 Å². The predicted molar refractivity (Wildman–Crippen MR) is 234 cm³/mol. The van der Waals surface area contributed by atoms with Crippen molar-refractivity contribution in [2.75, 3.05) is 41.0 Å². The molecule has 0 aliphatic carbocycles. The minimum atomic E-state index is -4.38. The average molecular weight is 819 g/mol. The zero-order valence-corrected chi connectivity index (χ0v) is 38.7. The molecule has 0 saturated heterocycles. The molecule has 9 nitrogen and oxygen atoms in total. The number of carbonyl (C=O) groups excluding carboxylic acids is 2. The number of esters is 2. The predicted octanol–water partition coefficient (Wildman–Crippen LogP) is 13.6. The van der Waals surface area contributed by atoms with Gasteiger partial charge in [0.2, 0.25) is 0 Å². The molecule has 0 heterocycles. The van der Waals surface area contributed by atoms with Crippen molar-refractivity contribution in [3.63, 3.8) is 0 Å². The number of ether oxygens (including phenoxy) is 2. The largest absolute Gasteiger partial charge is 0.472 e. The maximum Gasteiger partial charge on any atom is 0.472 e. The lowest BCUT2D eigenvalue weighted by molar-refractivity contribution is -0.894. The number of unbranched alkanes of at least 4 members (excludes halogenated alkanes) is 28. The topological polar surface area (TPSA) is 108 Å². The summed E-state index contributed by atoms with van der Waals surface area (Å²) in [4.78, 5) is 35.6. The molecule has 0 aliphatic rings. The third-order valence-corrected chi connectivity index (χ3v) is 12.2. The number of phosphoric acid groups is 1. The molecule has 0 aliphatic heterocycles. The minimum Gasteiger partial charge on any atom is -0.462 e. The van der Waals surface area contributed by atoms with Gasteiger partial charge in [-0.15, -0.1) is 0 Å². The maximum atomic E-state index is 12.7. The quantitative estimate of drug-likeness (QED) is 0.0280. The summed E-state index contributed by atoms with van der Waals surface area (Å²) in [5.41, 5.74) is 0. The number of carbonyl (C=O) groups is 2. The third kappa shape index (κ3) is 38.5. The van der Waals surface area contributed by atoms with Crippen molar-refractivity contribution in [3.8, 4) is 0 Å². The van der Waals surface area contributed by atoms with Gasteiger partial charge in [0.1, 0.15) is 6.61 Å². The van der Waals surface area contributed by atoms with Crippen LogP contribution in [-0.2, 0) is 32.7 Å². The molecular formula is C46H93NO8P+. The van der Waals surface area contributed by atoms with Crippen LogP contribution in [0.4, 0.5) is 0 Å². The lowest BCUT2D eigenvalue weighted by atomic mass is 10.0. The molecule has 0 spiro atoms. The molecule has 0 saturated carbocycles. The van der Waals surface area contributed by atoms with Gasteiger partial charge in [0.05, 0.1) is 40.4 Å². The fourth-order valence-corrected chi connectivity index (χ4v) is 7.61. The lowest BCUT2D eigenvalue weighted by Gasteiger charge is -2.31. The Bertz CT molecular complexity index is 943. The van der Waals surface area contributed by atoms with Gasteiger partial charge in [-0.1, -0.05) is 194 Å². The Labute approximate surface area is 346 Å². The molecule has 0 rings (SSSR count). The average Bonchev–Trinajstić information content (AvgIpc) is 3.15. The lowest BCUT2D eigenvalue weighted by Crippen LogP contribution is -2.43. The van der Waals surface area contributed by atoms with E-state index in [1.807, 2.05) is 0 Å². The Morgan fingerprint density at radius 2 is 0.857 bits per heavy atom. The van der Waals surface area contributed by atoms with Crippen molar-refractivity contribution in [1.29, 1.82) is 0 Å². The molecule has 0 radical (unpaired) electrons. The van der Waals surface area contributed by atoms with Gasteiger partial charge < -0.3 is 18.9 Å². The first-order valence-electron chi connectivity index (χ1n) is 23.7. The molecule has 0 fully saturated rings. The molecule has 0 bridgehead atoms. The van der Waals surface area contributed by atoms with Crippen molar-refractivity contribution >= 4 is 19.8 Å². The smallest absolute Gasteiger partial charge is 0.462 e. The third-order valence-electron chi connectivity index (χ3n) is 11.2. The molecule has 0 aromatic heterocycles. The van der Waals surface area contributed by atoms with Crippen molar-refractivity contribution in [2.24, 2.45) is 0 Å². The summed E-state index contributed by atoms with van der Waals surface area (Å²) in [5, 5.41) is 0. The highest BCUT2D eigenvalue weighted by Gasteiger charge is 2.27. The molecule has 1 N–H and O–H groups in total. The van der Waals surface area contributed by atoms with E-state index in [4.69, 9.17) is 18.5 Å². The Balaban J connectivity index is 4.40. The SMILES string of the molecule is CCCCCCCCCCCCCCCCCC(=O)OCC(COP(=O)(O)OCCC(C)[N+](C)(C)C)OC(=O)CCCCCCCCCCCCCCCCC. The number of phosphoric ester groups is 1. The van der Waals surface area contributed by atoms with E-state index in [-0.39, 0.29) is 31.6 Å². The fraction of sp³-hybridized carbons (Fsp3) is 0.957. The second-order valence-corrected chi connectivity index (χ2v) is 19.0. The van der Waals surface area contributed by atoms with E-state index in [1.165, 1.54) is 154 Å². The van der Waals surface area contributed by atoms with E-state index in [9.17, 15) is 19.0 Å². The molecule has 0 amide bonds. The van der Waals surface area contributed by atoms with E-state index in [2.05, 4.69) is 41.9 Å². The van der Waals surface area contributed by atoms with Gasteiger partial charge in [0.15, 0.2) is 6.10 Å². The van der Waals surface area contributed by atoms with Crippen LogP contribution in [0.3, 0.4) is 0 Å². The Hall–Kier alpha value is -0.990. The fourth-order valence-electron chi connectivity index (χ4n) is 6.84.